The molecule has 2 aromatic carbocycles. The number of unbranched alkanes of at least 4 members (excludes halogenated alkanes) is 1. The Kier molecular flexibility index (Phi) is 8.76. The first-order chi connectivity index (χ1) is 16.9. The maximum atomic E-state index is 13.2. The molecule has 188 valence electrons. The number of nitrogens with zero attached hydrogens (tertiary/aromatic N) is 1. The molecule has 3 rings (SSSR count). The monoisotopic (exact) mass is 483 g/mol. The average molecular weight is 484 g/mol. The van der Waals surface area contributed by atoms with Crippen LogP contribution < -0.4 is 14.2 Å². The van der Waals surface area contributed by atoms with Gasteiger partial charge in [0.25, 0.3) is 11.7 Å². The number of hydrogen-bond acceptors (Lipinski definition) is 7. The number of likely N-dealkylation sites (tertiary alicyclic amines) is 1. The lowest BCUT2D eigenvalue weighted by atomic mass is 9.94. The lowest BCUT2D eigenvalue weighted by Gasteiger charge is -2.25. The van der Waals surface area contributed by atoms with Crippen molar-refractivity contribution in [3.63, 3.8) is 0 Å². The maximum absolute atomic E-state index is 13.2. The summed E-state index contributed by atoms with van der Waals surface area (Å²) in [5.41, 5.74) is 1.87. The molecule has 0 bridgehead atoms. The minimum absolute atomic E-state index is 0.0115. The van der Waals surface area contributed by atoms with E-state index in [0.717, 1.165) is 18.4 Å². The predicted octanol–water partition coefficient (Wildman–Crippen LogP) is 4.26. The van der Waals surface area contributed by atoms with Gasteiger partial charge < -0.3 is 29.0 Å². The molecule has 0 aliphatic carbocycles. The van der Waals surface area contributed by atoms with Crippen LogP contribution in [0, 0.1) is 6.92 Å². The maximum Gasteiger partial charge on any atom is 0.295 e. The number of ether oxygens (including phenoxy) is 4. The summed E-state index contributed by atoms with van der Waals surface area (Å²) in [6.07, 6.45) is 1.97. The largest absolute Gasteiger partial charge is 0.507 e. The first-order valence-corrected chi connectivity index (χ1v) is 11.6. The summed E-state index contributed by atoms with van der Waals surface area (Å²) < 4.78 is 21.7. The molecule has 1 fully saturated rings. The van der Waals surface area contributed by atoms with E-state index in [1.165, 1.54) is 26.2 Å². The Morgan fingerprint density at radius 3 is 2.31 bits per heavy atom. The Labute approximate surface area is 206 Å². The van der Waals surface area contributed by atoms with Crippen LogP contribution in [-0.2, 0) is 14.3 Å². The molecule has 1 heterocycles. The van der Waals surface area contributed by atoms with E-state index in [0.29, 0.717) is 35.0 Å². The second-order valence-corrected chi connectivity index (χ2v) is 8.28. The summed E-state index contributed by atoms with van der Waals surface area (Å²) in [5, 5.41) is 11.3. The topological polar surface area (TPSA) is 94.5 Å². The summed E-state index contributed by atoms with van der Waals surface area (Å²) in [5.74, 6) is -0.0108. The number of carbonyl (C=O) groups is 2. The molecule has 0 unspecified atom stereocenters. The van der Waals surface area contributed by atoms with Crippen LogP contribution in [0.4, 0.5) is 0 Å². The summed E-state index contributed by atoms with van der Waals surface area (Å²) in [6.45, 7) is 4.99. The smallest absolute Gasteiger partial charge is 0.295 e. The van der Waals surface area contributed by atoms with Crippen molar-refractivity contribution in [2.45, 2.75) is 32.7 Å². The summed E-state index contributed by atoms with van der Waals surface area (Å²) in [4.78, 5) is 27.5. The molecule has 1 atom stereocenters. The number of rotatable bonds is 11. The van der Waals surface area contributed by atoms with E-state index in [4.69, 9.17) is 18.9 Å². The zero-order valence-corrected chi connectivity index (χ0v) is 20.9. The molecule has 1 aliphatic rings. The van der Waals surface area contributed by atoms with Crippen molar-refractivity contribution in [3.05, 3.63) is 58.7 Å². The van der Waals surface area contributed by atoms with Gasteiger partial charge in [0, 0.05) is 19.2 Å². The molecule has 0 aromatic heterocycles. The number of carbonyl (C=O) groups excluding carboxylic acids is 2. The molecule has 35 heavy (non-hydrogen) atoms. The van der Waals surface area contributed by atoms with Crippen LogP contribution in [0.3, 0.4) is 0 Å². The van der Waals surface area contributed by atoms with Crippen molar-refractivity contribution in [2.24, 2.45) is 0 Å². The molecule has 1 amide bonds. The minimum atomic E-state index is -0.814. The number of hydrogen-bond donors (Lipinski definition) is 1. The molecule has 0 spiro atoms. The first-order valence-electron chi connectivity index (χ1n) is 11.6. The van der Waals surface area contributed by atoms with E-state index < -0.39 is 17.7 Å². The van der Waals surface area contributed by atoms with Gasteiger partial charge in [-0.3, -0.25) is 9.59 Å². The Balaban J connectivity index is 2.10. The SMILES string of the molecule is CCCCOc1ccc(/C(O)=C2\C(=O)C(=O)N(CCOC)[C@@H]2c2ccc(OC)c(OC)c2)cc1C. The number of aliphatic hydroxyl groups excluding tert-OH is 1. The fourth-order valence-corrected chi connectivity index (χ4v) is 4.11. The van der Waals surface area contributed by atoms with Crippen molar-refractivity contribution in [1.29, 1.82) is 0 Å². The highest BCUT2D eigenvalue weighted by molar-refractivity contribution is 6.46. The third kappa shape index (κ3) is 5.43. The van der Waals surface area contributed by atoms with Crippen LogP contribution in [0.25, 0.3) is 5.76 Å². The van der Waals surface area contributed by atoms with E-state index >= 15 is 0 Å². The fraction of sp³-hybridized carbons (Fsp3) is 0.407. The average Bonchev–Trinajstić information content (AvgIpc) is 3.12. The summed E-state index contributed by atoms with van der Waals surface area (Å²) >= 11 is 0. The van der Waals surface area contributed by atoms with Crippen LogP contribution in [0.2, 0.25) is 0 Å². The van der Waals surface area contributed by atoms with Gasteiger partial charge in [-0.25, -0.2) is 0 Å². The van der Waals surface area contributed by atoms with Gasteiger partial charge in [0.2, 0.25) is 0 Å². The highest BCUT2D eigenvalue weighted by atomic mass is 16.5. The van der Waals surface area contributed by atoms with E-state index in [2.05, 4.69) is 6.92 Å². The van der Waals surface area contributed by atoms with Crippen LogP contribution in [0.15, 0.2) is 42.0 Å². The highest BCUT2D eigenvalue weighted by Crippen LogP contribution is 2.42. The highest BCUT2D eigenvalue weighted by Gasteiger charge is 2.46. The van der Waals surface area contributed by atoms with Gasteiger partial charge in [0.15, 0.2) is 11.5 Å². The van der Waals surface area contributed by atoms with Crippen LogP contribution >= 0.6 is 0 Å². The minimum Gasteiger partial charge on any atom is -0.507 e. The number of Topliss-reactive ketones (excluding diaryl/α,β-unsaturated/α-hetero) is 1. The predicted molar refractivity (Wildman–Crippen MR) is 132 cm³/mol. The quantitative estimate of drug-likeness (QED) is 0.221. The normalized spacial score (nSPS) is 17.1. The molecule has 2 aromatic rings. The van der Waals surface area contributed by atoms with Crippen LogP contribution in [0.1, 0.15) is 42.5 Å². The number of benzene rings is 2. The van der Waals surface area contributed by atoms with Crippen LogP contribution in [0.5, 0.6) is 17.2 Å². The molecule has 0 saturated carbocycles. The van der Waals surface area contributed by atoms with Crippen molar-refractivity contribution in [1.82, 2.24) is 4.90 Å². The third-order valence-corrected chi connectivity index (χ3v) is 6.00. The number of ketones is 1. The second kappa shape index (κ2) is 11.8. The van der Waals surface area contributed by atoms with Gasteiger partial charge in [-0.1, -0.05) is 19.4 Å². The van der Waals surface area contributed by atoms with Crippen molar-refractivity contribution < 1.29 is 33.6 Å². The van der Waals surface area contributed by atoms with Gasteiger partial charge in [0.1, 0.15) is 11.5 Å². The van der Waals surface area contributed by atoms with E-state index in [-0.39, 0.29) is 24.5 Å². The Morgan fingerprint density at radius 2 is 1.69 bits per heavy atom. The summed E-state index contributed by atoms with van der Waals surface area (Å²) in [7, 11) is 4.56. The molecule has 1 aliphatic heterocycles. The van der Waals surface area contributed by atoms with Crippen LogP contribution in [-0.4, -0.2) is 62.8 Å². The summed E-state index contributed by atoms with van der Waals surface area (Å²) in [6, 6.07) is 9.57. The van der Waals surface area contributed by atoms with Crippen molar-refractivity contribution in [3.8, 4) is 17.2 Å². The molecular formula is C27H33NO7. The van der Waals surface area contributed by atoms with E-state index in [9.17, 15) is 14.7 Å². The Morgan fingerprint density at radius 1 is 0.971 bits per heavy atom. The molecule has 8 heteroatoms. The lowest BCUT2D eigenvalue weighted by Crippen LogP contribution is -2.32. The van der Waals surface area contributed by atoms with E-state index in [1.807, 2.05) is 6.92 Å². The first kappa shape index (κ1) is 26.1. The zero-order valence-electron chi connectivity index (χ0n) is 20.9. The van der Waals surface area contributed by atoms with Gasteiger partial charge in [-0.15, -0.1) is 0 Å². The molecule has 1 N–H and O–H groups in total. The zero-order chi connectivity index (χ0) is 25.5. The van der Waals surface area contributed by atoms with Gasteiger partial charge in [-0.2, -0.15) is 0 Å². The molecule has 8 nitrogen and oxygen atoms in total. The molecular weight excluding hydrogens is 450 g/mol. The fourth-order valence-electron chi connectivity index (χ4n) is 4.11. The van der Waals surface area contributed by atoms with Gasteiger partial charge in [0.05, 0.1) is 39.0 Å². The Bertz CT molecular complexity index is 1110. The number of methoxy groups -OCH3 is 3. The second-order valence-electron chi connectivity index (χ2n) is 8.28. The number of aryl methyl sites for hydroxylation is 1. The number of amides is 1. The third-order valence-electron chi connectivity index (χ3n) is 6.00. The molecule has 1 saturated heterocycles. The van der Waals surface area contributed by atoms with Gasteiger partial charge >= 0.3 is 0 Å². The molecule has 0 radical (unpaired) electrons. The van der Waals surface area contributed by atoms with Crippen molar-refractivity contribution in [2.75, 3.05) is 41.1 Å². The van der Waals surface area contributed by atoms with E-state index in [1.54, 1.807) is 36.4 Å². The standard InChI is InChI=1S/C27H33NO7/c1-6-7-13-35-20-10-9-19(15-17(20)2)25(29)23-24(28(12-14-32-3)27(31)26(23)30)18-8-11-21(33-4)22(16-18)34-5/h8-11,15-16,24,29H,6-7,12-14H2,1-5H3/b25-23+/t24-/m1/s1. The number of aliphatic hydroxyl groups is 1. The Hall–Kier alpha value is -3.52. The van der Waals surface area contributed by atoms with Crippen molar-refractivity contribution >= 4 is 17.4 Å². The van der Waals surface area contributed by atoms with Gasteiger partial charge in [-0.05, 0) is 54.8 Å². The lowest BCUT2D eigenvalue weighted by molar-refractivity contribution is -0.140.